The van der Waals surface area contributed by atoms with Gasteiger partial charge in [-0.2, -0.15) is 0 Å². The summed E-state index contributed by atoms with van der Waals surface area (Å²) in [4.78, 5) is 2.36. The third kappa shape index (κ3) is 4.61. The summed E-state index contributed by atoms with van der Waals surface area (Å²) in [7, 11) is 0. The van der Waals surface area contributed by atoms with E-state index < -0.39 is 5.41 Å². The van der Waals surface area contributed by atoms with Gasteiger partial charge in [0.1, 0.15) is 0 Å². The van der Waals surface area contributed by atoms with Gasteiger partial charge in [0, 0.05) is 21.5 Å². The molecule has 2 heteroatoms. The van der Waals surface area contributed by atoms with Crippen LogP contribution in [0.15, 0.2) is 186 Å². The van der Waals surface area contributed by atoms with E-state index in [1.807, 2.05) is 0 Å². The number of benzene rings is 7. The molecule has 214 valence electrons. The van der Waals surface area contributed by atoms with Gasteiger partial charge >= 0.3 is 0 Å². The van der Waals surface area contributed by atoms with Gasteiger partial charge in [0.2, 0.25) is 0 Å². The first-order valence-corrected chi connectivity index (χ1v) is 16.1. The molecule has 8 rings (SSSR count). The van der Waals surface area contributed by atoms with Crippen LogP contribution in [0.1, 0.15) is 22.3 Å². The molecule has 0 heterocycles. The van der Waals surface area contributed by atoms with Gasteiger partial charge in [0.25, 0.3) is 0 Å². The Morgan fingerprint density at radius 2 is 0.911 bits per heavy atom. The van der Waals surface area contributed by atoms with Crippen molar-refractivity contribution in [1.29, 1.82) is 0 Å². The van der Waals surface area contributed by atoms with Gasteiger partial charge in [-0.15, -0.1) is 0 Å². The second-order valence-electron chi connectivity index (χ2n) is 11.5. The fraction of sp³-hybridized carbons (Fsp3) is 0.0233. The molecule has 0 aliphatic heterocycles. The quantitative estimate of drug-likeness (QED) is 0.175. The second-order valence-corrected chi connectivity index (χ2v) is 12.4. The summed E-state index contributed by atoms with van der Waals surface area (Å²) in [6, 6.07) is 65.9. The normalized spacial score (nSPS) is 12.7. The molecule has 0 atom stereocenters. The van der Waals surface area contributed by atoms with Crippen molar-refractivity contribution < 1.29 is 0 Å². The lowest BCUT2D eigenvalue weighted by Gasteiger charge is -2.35. The number of hydrogen-bond donors (Lipinski definition) is 0. The summed E-state index contributed by atoms with van der Waals surface area (Å²) in [5, 5.41) is 0. The summed E-state index contributed by atoms with van der Waals surface area (Å²) < 4.78 is 1.04. The first-order chi connectivity index (χ1) is 22.2. The second kappa shape index (κ2) is 11.4. The zero-order valence-electron chi connectivity index (χ0n) is 24.6. The minimum absolute atomic E-state index is 0.454. The summed E-state index contributed by atoms with van der Waals surface area (Å²) in [6.07, 6.45) is 0. The maximum Gasteiger partial charge on any atom is 0.0714 e. The molecule has 1 nitrogen and oxygen atoms in total. The highest BCUT2D eigenvalue weighted by Gasteiger charge is 2.46. The predicted octanol–water partition coefficient (Wildman–Crippen LogP) is 11.9. The number of hydrogen-bond acceptors (Lipinski definition) is 1. The largest absolute Gasteiger partial charge is 0.310 e. The minimum Gasteiger partial charge on any atom is -0.310 e. The molecule has 0 bridgehead atoms. The van der Waals surface area contributed by atoms with E-state index in [4.69, 9.17) is 0 Å². The first-order valence-electron chi connectivity index (χ1n) is 15.3. The van der Waals surface area contributed by atoms with Crippen LogP contribution in [0.2, 0.25) is 0 Å². The van der Waals surface area contributed by atoms with E-state index >= 15 is 0 Å². The van der Waals surface area contributed by atoms with E-state index in [0.717, 1.165) is 21.5 Å². The lowest BCUT2D eigenvalue weighted by Crippen LogP contribution is -2.28. The van der Waals surface area contributed by atoms with Crippen molar-refractivity contribution in [3.05, 3.63) is 209 Å². The zero-order chi connectivity index (χ0) is 30.2. The Balaban J connectivity index is 1.37. The Hall–Kier alpha value is -5.18. The smallest absolute Gasteiger partial charge is 0.0714 e. The summed E-state index contributed by atoms with van der Waals surface area (Å²) in [6.45, 7) is 0. The van der Waals surface area contributed by atoms with Gasteiger partial charge in [-0.3, -0.25) is 0 Å². The number of nitrogens with zero attached hydrogens (tertiary/aromatic N) is 1. The first kappa shape index (κ1) is 27.4. The summed E-state index contributed by atoms with van der Waals surface area (Å²) in [5.74, 6) is 0. The fourth-order valence-corrected chi connectivity index (χ4v) is 7.45. The Bertz CT molecular complexity index is 2060. The third-order valence-electron chi connectivity index (χ3n) is 9.00. The fourth-order valence-electron chi connectivity index (χ4n) is 7.07. The molecule has 1 aliphatic rings. The summed E-state index contributed by atoms with van der Waals surface area (Å²) >= 11 is 3.74. The molecule has 0 fully saturated rings. The van der Waals surface area contributed by atoms with Crippen LogP contribution < -0.4 is 4.90 Å². The SMILES string of the molecule is Brc1cccc(N(c2ccc(-c3ccccc3)cc2)c2ccc3c(c2)C(c2ccccc2)(c2ccccc2)c2ccccc2-3)c1. The number of anilines is 3. The molecular weight excluding hydrogens is 610 g/mol. The standard InChI is InChI=1S/C43H30BrN/c44-35-19-12-20-37(29-35)45(36-25-23-32(24-26-36)31-13-4-1-5-14-31)38-27-28-40-39-21-10-11-22-41(39)43(42(40)30-38,33-15-6-2-7-16-33)34-17-8-3-9-18-34/h1-30H. The molecule has 0 aromatic heterocycles. The highest BCUT2D eigenvalue weighted by atomic mass is 79.9. The highest BCUT2D eigenvalue weighted by Crippen LogP contribution is 2.57. The number of rotatable bonds is 6. The van der Waals surface area contributed by atoms with Crippen LogP contribution in [0.25, 0.3) is 22.3 Å². The van der Waals surface area contributed by atoms with E-state index in [-0.39, 0.29) is 0 Å². The van der Waals surface area contributed by atoms with Gasteiger partial charge in [-0.25, -0.2) is 0 Å². The van der Waals surface area contributed by atoms with Crippen LogP contribution in [0.4, 0.5) is 17.1 Å². The van der Waals surface area contributed by atoms with Crippen molar-refractivity contribution in [2.75, 3.05) is 4.90 Å². The van der Waals surface area contributed by atoms with Crippen molar-refractivity contribution >= 4 is 33.0 Å². The molecule has 0 radical (unpaired) electrons. The Labute approximate surface area is 273 Å². The molecule has 0 unspecified atom stereocenters. The lowest BCUT2D eigenvalue weighted by molar-refractivity contribution is 0.768. The molecule has 45 heavy (non-hydrogen) atoms. The van der Waals surface area contributed by atoms with Crippen LogP contribution in [-0.2, 0) is 5.41 Å². The predicted molar refractivity (Wildman–Crippen MR) is 192 cm³/mol. The van der Waals surface area contributed by atoms with Gasteiger partial charge in [0.15, 0.2) is 0 Å². The molecule has 0 N–H and O–H groups in total. The van der Waals surface area contributed by atoms with Gasteiger partial charge < -0.3 is 4.90 Å². The lowest BCUT2D eigenvalue weighted by atomic mass is 9.67. The minimum atomic E-state index is -0.454. The topological polar surface area (TPSA) is 3.24 Å². The van der Waals surface area contributed by atoms with E-state index in [2.05, 4.69) is 203 Å². The average molecular weight is 641 g/mol. The maximum absolute atomic E-state index is 3.74. The van der Waals surface area contributed by atoms with E-state index in [1.54, 1.807) is 0 Å². The van der Waals surface area contributed by atoms with Gasteiger partial charge in [-0.1, -0.05) is 155 Å². The maximum atomic E-state index is 3.74. The van der Waals surface area contributed by atoms with E-state index in [0.29, 0.717) is 0 Å². The van der Waals surface area contributed by atoms with Gasteiger partial charge in [-0.05, 0) is 87.0 Å². The van der Waals surface area contributed by atoms with Crippen LogP contribution in [0, 0.1) is 0 Å². The van der Waals surface area contributed by atoms with Crippen LogP contribution >= 0.6 is 15.9 Å². The molecule has 0 amide bonds. The monoisotopic (exact) mass is 639 g/mol. The molecule has 0 saturated heterocycles. The molecule has 7 aromatic carbocycles. The molecule has 0 spiro atoms. The average Bonchev–Trinajstić information content (AvgIpc) is 3.40. The van der Waals surface area contributed by atoms with Crippen LogP contribution in [0.5, 0.6) is 0 Å². The third-order valence-corrected chi connectivity index (χ3v) is 9.49. The Kier molecular flexibility index (Phi) is 6.93. The number of fused-ring (bicyclic) bond motifs is 3. The number of halogens is 1. The van der Waals surface area contributed by atoms with Crippen LogP contribution in [0.3, 0.4) is 0 Å². The van der Waals surface area contributed by atoms with Crippen molar-refractivity contribution in [3.8, 4) is 22.3 Å². The van der Waals surface area contributed by atoms with E-state index in [9.17, 15) is 0 Å². The molecular formula is C43H30BrN. The Morgan fingerprint density at radius 1 is 0.378 bits per heavy atom. The molecule has 7 aromatic rings. The van der Waals surface area contributed by atoms with Crippen molar-refractivity contribution in [2.45, 2.75) is 5.41 Å². The Morgan fingerprint density at radius 3 is 1.58 bits per heavy atom. The molecule has 1 aliphatic carbocycles. The highest BCUT2D eigenvalue weighted by molar-refractivity contribution is 9.10. The van der Waals surface area contributed by atoms with Crippen LogP contribution in [-0.4, -0.2) is 0 Å². The zero-order valence-corrected chi connectivity index (χ0v) is 26.2. The molecule has 0 saturated carbocycles. The van der Waals surface area contributed by atoms with E-state index in [1.165, 1.54) is 44.5 Å². The summed E-state index contributed by atoms with van der Waals surface area (Å²) in [5.41, 5.74) is 13.0. The van der Waals surface area contributed by atoms with Crippen molar-refractivity contribution in [1.82, 2.24) is 0 Å². The van der Waals surface area contributed by atoms with Gasteiger partial charge in [0.05, 0.1) is 5.41 Å². The van der Waals surface area contributed by atoms with Crippen molar-refractivity contribution in [3.63, 3.8) is 0 Å². The van der Waals surface area contributed by atoms with Crippen molar-refractivity contribution in [2.24, 2.45) is 0 Å².